The van der Waals surface area contributed by atoms with Crippen molar-refractivity contribution in [1.29, 1.82) is 10.5 Å². The van der Waals surface area contributed by atoms with Crippen LogP contribution >= 0.6 is 11.6 Å². The fraction of sp³-hybridized carbons (Fsp3) is 0.500. The number of hydrogen-bond acceptors (Lipinski definition) is 7. The highest BCUT2D eigenvalue weighted by molar-refractivity contribution is 6.30. The van der Waals surface area contributed by atoms with E-state index in [1.165, 1.54) is 0 Å². The van der Waals surface area contributed by atoms with Gasteiger partial charge in [-0.1, -0.05) is 17.7 Å². The van der Waals surface area contributed by atoms with Crippen molar-refractivity contribution in [3.05, 3.63) is 45.2 Å². The molecule has 0 spiro atoms. The van der Waals surface area contributed by atoms with Crippen LogP contribution in [0.3, 0.4) is 0 Å². The van der Waals surface area contributed by atoms with Gasteiger partial charge in [0.25, 0.3) is 0 Å². The van der Waals surface area contributed by atoms with E-state index in [1.807, 2.05) is 19.1 Å². The zero-order valence-electron chi connectivity index (χ0n) is 18.4. The highest BCUT2D eigenvalue weighted by atomic mass is 35.5. The third-order valence-electron chi connectivity index (χ3n) is 6.75. The summed E-state index contributed by atoms with van der Waals surface area (Å²) in [6.45, 7) is 3.96. The summed E-state index contributed by atoms with van der Waals surface area (Å²) in [4.78, 5) is 11.2. The summed E-state index contributed by atoms with van der Waals surface area (Å²) in [5.41, 5.74) is 3.62. The molecule has 0 aromatic carbocycles. The normalized spacial score (nSPS) is 22.9. The van der Waals surface area contributed by atoms with Gasteiger partial charge in [-0.25, -0.2) is 14.4 Å². The molecule has 7 nitrogen and oxygen atoms in total. The summed E-state index contributed by atoms with van der Waals surface area (Å²) in [7, 11) is 0. The maximum atomic E-state index is 13.0. The van der Waals surface area contributed by atoms with E-state index in [2.05, 4.69) is 32.3 Å². The first-order valence-corrected chi connectivity index (χ1v) is 11.6. The highest BCUT2D eigenvalue weighted by Crippen LogP contribution is 2.41. The van der Waals surface area contributed by atoms with Gasteiger partial charge in [0.2, 0.25) is 5.88 Å². The second-order valence-corrected chi connectivity index (χ2v) is 9.54. The van der Waals surface area contributed by atoms with Gasteiger partial charge in [0.15, 0.2) is 0 Å². The van der Waals surface area contributed by atoms with E-state index < -0.39 is 11.7 Å². The SMILES string of the molecule is Cc1nc(OC2CC(F)C2)ccc1CN1CCc2c(NC3(C#N)CC3)nc(Cl)c(C#N)c2C1. The molecule has 0 saturated heterocycles. The van der Waals surface area contributed by atoms with Crippen LogP contribution in [0.5, 0.6) is 5.88 Å². The Morgan fingerprint density at radius 1 is 1.27 bits per heavy atom. The molecule has 170 valence electrons. The van der Waals surface area contributed by atoms with Gasteiger partial charge in [-0.3, -0.25) is 4.90 Å². The molecular weight excluding hydrogens is 443 g/mol. The van der Waals surface area contributed by atoms with Crippen molar-refractivity contribution in [2.75, 3.05) is 11.9 Å². The number of halogens is 2. The van der Waals surface area contributed by atoms with Crippen LogP contribution in [-0.4, -0.2) is 39.2 Å². The van der Waals surface area contributed by atoms with E-state index in [4.69, 9.17) is 16.3 Å². The minimum atomic E-state index is -0.759. The zero-order chi connectivity index (χ0) is 23.2. The van der Waals surface area contributed by atoms with Crippen LogP contribution in [0.4, 0.5) is 10.2 Å². The van der Waals surface area contributed by atoms with Gasteiger partial charge in [-0.15, -0.1) is 0 Å². The van der Waals surface area contributed by atoms with E-state index in [0.717, 1.165) is 41.8 Å². The molecule has 2 aliphatic carbocycles. The summed E-state index contributed by atoms with van der Waals surface area (Å²) in [6, 6.07) is 8.37. The molecule has 2 fully saturated rings. The Morgan fingerprint density at radius 2 is 2.06 bits per heavy atom. The van der Waals surface area contributed by atoms with Gasteiger partial charge in [0.1, 0.15) is 34.9 Å². The molecule has 3 heterocycles. The predicted molar refractivity (Wildman–Crippen MR) is 121 cm³/mol. The van der Waals surface area contributed by atoms with Crippen LogP contribution in [0, 0.1) is 29.6 Å². The van der Waals surface area contributed by atoms with Crippen molar-refractivity contribution >= 4 is 17.4 Å². The number of aromatic nitrogens is 2. The molecule has 3 aliphatic rings. The lowest BCUT2D eigenvalue weighted by molar-refractivity contribution is 0.0376. The van der Waals surface area contributed by atoms with E-state index in [9.17, 15) is 14.9 Å². The third-order valence-corrected chi connectivity index (χ3v) is 7.02. The number of ether oxygens (including phenoxy) is 1. The van der Waals surface area contributed by atoms with Crippen LogP contribution in [0.2, 0.25) is 5.15 Å². The average molecular weight is 467 g/mol. The largest absolute Gasteiger partial charge is 0.474 e. The van der Waals surface area contributed by atoms with Crippen molar-refractivity contribution in [2.24, 2.45) is 0 Å². The standard InChI is InChI=1S/C24H24ClFN6O/c1-14-15(2-3-21(29-14)33-17-8-16(26)9-17)11-32-7-4-18-20(12-32)19(10-27)22(25)30-23(18)31-24(13-28)5-6-24/h2-3,16-17H,4-9,11-12H2,1H3,(H,30,31). The van der Waals surface area contributed by atoms with Crippen molar-refractivity contribution in [2.45, 2.75) is 69.9 Å². The first-order valence-electron chi connectivity index (χ1n) is 11.2. The van der Waals surface area contributed by atoms with Gasteiger partial charge in [-0.2, -0.15) is 10.5 Å². The summed E-state index contributed by atoms with van der Waals surface area (Å²) in [6.07, 6.45) is 2.29. The van der Waals surface area contributed by atoms with Crippen LogP contribution in [0.1, 0.15) is 53.6 Å². The molecule has 0 amide bonds. The Bertz CT molecular complexity index is 1180. The molecule has 0 radical (unpaired) electrons. The third kappa shape index (κ3) is 4.34. The highest BCUT2D eigenvalue weighted by Gasteiger charge is 2.44. The molecule has 5 rings (SSSR count). The molecule has 1 N–H and O–H groups in total. The second-order valence-electron chi connectivity index (χ2n) is 9.18. The Kier molecular flexibility index (Phi) is 5.60. The number of anilines is 1. The molecule has 2 aromatic heterocycles. The summed E-state index contributed by atoms with van der Waals surface area (Å²) in [5.74, 6) is 1.16. The van der Waals surface area contributed by atoms with Gasteiger partial charge in [0.05, 0.1) is 11.6 Å². The first-order chi connectivity index (χ1) is 15.9. The zero-order valence-corrected chi connectivity index (χ0v) is 19.1. The molecule has 1 aliphatic heterocycles. The molecule has 0 bridgehead atoms. The lowest BCUT2D eigenvalue weighted by Gasteiger charge is -2.32. The number of rotatable bonds is 6. The summed E-state index contributed by atoms with van der Waals surface area (Å²) < 4.78 is 18.8. The molecule has 0 unspecified atom stereocenters. The van der Waals surface area contributed by atoms with Gasteiger partial charge < -0.3 is 10.1 Å². The lowest BCUT2D eigenvalue weighted by atomic mass is 9.94. The Labute approximate surface area is 197 Å². The van der Waals surface area contributed by atoms with Crippen molar-refractivity contribution in [3.63, 3.8) is 0 Å². The number of fused-ring (bicyclic) bond motifs is 1. The lowest BCUT2D eigenvalue weighted by Crippen LogP contribution is -2.35. The van der Waals surface area contributed by atoms with E-state index in [0.29, 0.717) is 49.6 Å². The number of aryl methyl sites for hydroxylation is 1. The molecule has 0 atom stereocenters. The molecule has 2 saturated carbocycles. The van der Waals surface area contributed by atoms with Crippen LogP contribution in [-0.2, 0) is 19.5 Å². The maximum Gasteiger partial charge on any atom is 0.213 e. The number of nitrogens with zero attached hydrogens (tertiary/aromatic N) is 5. The van der Waals surface area contributed by atoms with Crippen LogP contribution in [0.15, 0.2) is 12.1 Å². The number of nitriles is 2. The maximum absolute atomic E-state index is 13.0. The quantitative estimate of drug-likeness (QED) is 0.636. The van der Waals surface area contributed by atoms with Gasteiger partial charge >= 0.3 is 0 Å². The van der Waals surface area contributed by atoms with Crippen molar-refractivity contribution in [3.8, 4) is 18.0 Å². The minimum Gasteiger partial charge on any atom is -0.474 e. The van der Waals surface area contributed by atoms with Gasteiger partial charge in [-0.05, 0) is 37.3 Å². The van der Waals surface area contributed by atoms with Crippen molar-refractivity contribution < 1.29 is 9.13 Å². The van der Waals surface area contributed by atoms with E-state index in [1.54, 1.807) is 0 Å². The van der Waals surface area contributed by atoms with Crippen LogP contribution in [0.25, 0.3) is 0 Å². The Hall–Kier alpha value is -2.94. The average Bonchev–Trinajstić information content (AvgIpc) is 3.54. The monoisotopic (exact) mass is 466 g/mol. The molecule has 2 aromatic rings. The molecule has 33 heavy (non-hydrogen) atoms. The number of nitrogens with one attached hydrogen (secondary N) is 1. The summed E-state index contributed by atoms with van der Waals surface area (Å²) >= 11 is 6.35. The molecule has 9 heteroatoms. The fourth-order valence-electron chi connectivity index (χ4n) is 4.43. The number of pyridine rings is 2. The topological polar surface area (TPSA) is 97.9 Å². The Morgan fingerprint density at radius 3 is 2.70 bits per heavy atom. The van der Waals surface area contributed by atoms with E-state index in [-0.39, 0.29) is 11.3 Å². The first kappa shape index (κ1) is 21.9. The van der Waals surface area contributed by atoms with Gasteiger partial charge in [0, 0.05) is 49.8 Å². The van der Waals surface area contributed by atoms with E-state index >= 15 is 0 Å². The van der Waals surface area contributed by atoms with Crippen LogP contribution < -0.4 is 10.1 Å². The Balaban J connectivity index is 1.33. The number of alkyl halides is 1. The number of hydrogen-bond donors (Lipinski definition) is 1. The minimum absolute atomic E-state index is 0.0854. The summed E-state index contributed by atoms with van der Waals surface area (Å²) in [5, 5.41) is 22.6. The fourth-order valence-corrected chi connectivity index (χ4v) is 4.67. The molecular formula is C24H24ClFN6O. The van der Waals surface area contributed by atoms with Crippen molar-refractivity contribution in [1.82, 2.24) is 14.9 Å². The smallest absolute Gasteiger partial charge is 0.213 e. The predicted octanol–water partition coefficient (Wildman–Crippen LogP) is 4.22. The second kappa shape index (κ2) is 8.44.